The van der Waals surface area contributed by atoms with E-state index in [1.807, 2.05) is 35.0 Å². The third-order valence-electron chi connectivity index (χ3n) is 7.78. The molecule has 4 bridgehead atoms. The lowest BCUT2D eigenvalue weighted by atomic mass is 9.53. The maximum atomic E-state index is 12.2. The molecule has 0 N–H and O–H groups in total. The van der Waals surface area contributed by atoms with E-state index in [2.05, 4.69) is 16.8 Å². The van der Waals surface area contributed by atoms with E-state index in [-0.39, 0.29) is 42.2 Å². The Kier molecular flexibility index (Phi) is 3.20. The van der Waals surface area contributed by atoms with Gasteiger partial charge in [-0.05, 0) is 19.9 Å². The highest BCUT2D eigenvalue weighted by Crippen LogP contribution is 2.59. The van der Waals surface area contributed by atoms with Gasteiger partial charge in [-0.3, -0.25) is 30.0 Å². The number of nitrogens with zero attached hydrogens (tertiary/aromatic N) is 5. The van der Waals surface area contributed by atoms with Crippen molar-refractivity contribution in [1.82, 2.24) is 14.4 Å². The van der Waals surface area contributed by atoms with Crippen molar-refractivity contribution in [2.45, 2.75) is 31.1 Å². The minimum absolute atomic E-state index is 0.177. The van der Waals surface area contributed by atoms with Crippen molar-refractivity contribution in [3.63, 3.8) is 0 Å². The second kappa shape index (κ2) is 5.09. The van der Waals surface area contributed by atoms with Crippen molar-refractivity contribution < 1.29 is 9.85 Å². The first kappa shape index (κ1) is 17.6. The summed E-state index contributed by atoms with van der Waals surface area (Å²) in [6.45, 7) is 4.34. The molecule has 0 saturated carbocycles. The molecule has 148 valence electrons. The van der Waals surface area contributed by atoms with E-state index in [9.17, 15) is 20.2 Å². The first-order valence-electron chi connectivity index (χ1n) is 9.46. The van der Waals surface area contributed by atoms with Crippen molar-refractivity contribution in [2.24, 2.45) is 12.5 Å². The van der Waals surface area contributed by atoms with Crippen LogP contribution in [0.25, 0.3) is 10.9 Å². The van der Waals surface area contributed by atoms with Crippen LogP contribution in [0, 0.1) is 25.6 Å². The molecule has 9 heteroatoms. The molecule has 0 radical (unpaired) electrons. The fourth-order valence-corrected chi connectivity index (χ4v) is 6.02. The number of rotatable bonds is 3. The van der Waals surface area contributed by atoms with E-state index in [1.54, 1.807) is 13.8 Å². The number of fused-ring (bicyclic) bond motifs is 1. The average Bonchev–Trinajstić information content (AvgIpc) is 2.95. The summed E-state index contributed by atoms with van der Waals surface area (Å²) in [7, 11) is 1.98. The minimum atomic E-state index is -1.35. The quantitative estimate of drug-likeness (QED) is 0.591. The van der Waals surface area contributed by atoms with E-state index in [1.165, 1.54) is 0 Å². The monoisotopic (exact) mass is 385 g/mol. The summed E-state index contributed by atoms with van der Waals surface area (Å²) in [5.74, 6) is 0. The second-order valence-corrected chi connectivity index (χ2v) is 9.10. The van der Waals surface area contributed by atoms with Gasteiger partial charge in [0.2, 0.25) is 0 Å². The molecule has 4 saturated heterocycles. The van der Waals surface area contributed by atoms with Gasteiger partial charge >= 0.3 is 0 Å². The molecule has 4 aliphatic heterocycles. The van der Waals surface area contributed by atoms with Gasteiger partial charge in [0.15, 0.2) is 0 Å². The van der Waals surface area contributed by atoms with Crippen LogP contribution in [0.2, 0.25) is 0 Å². The Morgan fingerprint density at radius 3 is 1.96 bits per heavy atom. The predicted octanol–water partition coefficient (Wildman–Crippen LogP) is 1.88. The van der Waals surface area contributed by atoms with Gasteiger partial charge in [-0.1, -0.05) is 18.2 Å². The smallest absolute Gasteiger partial charge is 0.259 e. The third kappa shape index (κ3) is 1.74. The van der Waals surface area contributed by atoms with E-state index in [0.29, 0.717) is 0 Å². The molecule has 0 unspecified atom stereocenters. The molecule has 0 spiro atoms. The summed E-state index contributed by atoms with van der Waals surface area (Å²) < 4.78 is 2.05. The lowest BCUT2D eigenvalue weighted by Crippen LogP contribution is -2.88. The van der Waals surface area contributed by atoms with Gasteiger partial charge in [0.25, 0.3) is 11.1 Å². The first-order valence-corrected chi connectivity index (χ1v) is 9.46. The van der Waals surface area contributed by atoms with Crippen molar-refractivity contribution >= 4 is 10.9 Å². The van der Waals surface area contributed by atoms with Crippen LogP contribution < -0.4 is 0 Å². The Hall–Kier alpha value is -2.52. The molecule has 2 aromatic rings. The number of hydrogen-bond donors (Lipinski definition) is 0. The average molecular weight is 385 g/mol. The summed E-state index contributed by atoms with van der Waals surface area (Å²) >= 11 is 0. The molecule has 5 heterocycles. The number of benzene rings is 1. The topological polar surface area (TPSA) is 97.7 Å². The SMILES string of the molecule is Cn1cc(C2N3CC4([N+](=O)[O-])CN2CC([N+](=O)[O-])(C3)C4(C)C)c2ccccc21. The summed E-state index contributed by atoms with van der Waals surface area (Å²) in [4.78, 5) is 27.8. The van der Waals surface area contributed by atoms with Gasteiger partial charge in [-0.2, -0.15) is 0 Å². The summed E-state index contributed by atoms with van der Waals surface area (Å²) in [6, 6.07) is 8.05. The fraction of sp³-hybridized carbons (Fsp3) is 0.579. The van der Waals surface area contributed by atoms with Crippen LogP contribution in [0.4, 0.5) is 0 Å². The molecule has 1 aromatic heterocycles. The molecule has 28 heavy (non-hydrogen) atoms. The van der Waals surface area contributed by atoms with Gasteiger partial charge in [-0.15, -0.1) is 0 Å². The van der Waals surface area contributed by atoms with Crippen molar-refractivity contribution in [1.29, 1.82) is 0 Å². The highest BCUT2D eigenvalue weighted by molar-refractivity contribution is 5.84. The van der Waals surface area contributed by atoms with E-state index in [4.69, 9.17) is 0 Å². The number of aryl methyl sites for hydroxylation is 1. The molecule has 6 rings (SSSR count). The maximum absolute atomic E-state index is 12.2. The summed E-state index contributed by atoms with van der Waals surface area (Å²) in [6.07, 6.45) is 1.88. The Morgan fingerprint density at radius 2 is 1.46 bits per heavy atom. The zero-order valence-electron chi connectivity index (χ0n) is 16.2. The van der Waals surface area contributed by atoms with E-state index < -0.39 is 16.5 Å². The number of hydrogen-bond acceptors (Lipinski definition) is 6. The van der Waals surface area contributed by atoms with Crippen molar-refractivity contribution in [3.05, 3.63) is 56.3 Å². The Labute approximate surface area is 161 Å². The number of piperidine rings is 2. The highest BCUT2D eigenvalue weighted by Gasteiger charge is 2.81. The molecule has 4 aliphatic rings. The van der Waals surface area contributed by atoms with Crippen LogP contribution in [0.1, 0.15) is 25.6 Å². The van der Waals surface area contributed by atoms with E-state index >= 15 is 0 Å². The Morgan fingerprint density at radius 1 is 0.964 bits per heavy atom. The Bertz CT molecular complexity index is 977. The molecule has 4 fully saturated rings. The van der Waals surface area contributed by atoms with Gasteiger partial charge < -0.3 is 4.57 Å². The molecule has 0 aliphatic carbocycles. The minimum Gasteiger partial charge on any atom is -0.350 e. The van der Waals surface area contributed by atoms with Gasteiger partial charge in [0.05, 0.1) is 32.3 Å². The molecule has 1 aromatic carbocycles. The molecule has 0 amide bonds. The third-order valence-corrected chi connectivity index (χ3v) is 7.78. The second-order valence-electron chi connectivity index (χ2n) is 9.10. The van der Waals surface area contributed by atoms with E-state index in [0.717, 1.165) is 16.5 Å². The van der Waals surface area contributed by atoms with Crippen LogP contribution in [0.15, 0.2) is 30.5 Å². The van der Waals surface area contributed by atoms with Crippen molar-refractivity contribution in [3.8, 4) is 0 Å². The first-order chi connectivity index (χ1) is 13.1. The fourth-order valence-electron chi connectivity index (χ4n) is 6.02. The predicted molar refractivity (Wildman–Crippen MR) is 102 cm³/mol. The molecular formula is C19H23N5O4. The van der Waals surface area contributed by atoms with Gasteiger partial charge in [-0.25, -0.2) is 0 Å². The zero-order chi connectivity index (χ0) is 20.1. The summed E-state index contributed by atoms with van der Waals surface area (Å²) in [5.41, 5.74) is -1.59. The standard InChI is InChI=1S/C19H23N5O4/c1-17(2)18(23(25)26)9-21-11-19(17,24(27)28)12-22(10-18)16(21)14-8-20(3)15-7-5-4-6-13(14)15/h4-8,16H,9-12H2,1-3H3. The van der Waals surface area contributed by atoms with Crippen molar-refractivity contribution in [2.75, 3.05) is 26.2 Å². The largest absolute Gasteiger partial charge is 0.350 e. The lowest BCUT2D eigenvalue weighted by Gasteiger charge is -2.65. The van der Waals surface area contributed by atoms with Crippen LogP contribution in [-0.4, -0.2) is 61.5 Å². The van der Waals surface area contributed by atoms with Crippen LogP contribution >= 0.6 is 0 Å². The van der Waals surface area contributed by atoms with Gasteiger partial charge in [0, 0.05) is 39.6 Å². The van der Waals surface area contributed by atoms with Gasteiger partial charge in [0.1, 0.15) is 5.41 Å². The molecule has 0 atom stereocenters. The lowest BCUT2D eigenvalue weighted by molar-refractivity contribution is -0.679. The number of aromatic nitrogens is 1. The number of nitro groups is 2. The molecular weight excluding hydrogens is 362 g/mol. The Balaban J connectivity index is 1.68. The molecule has 9 nitrogen and oxygen atoms in total. The normalized spacial score (nSPS) is 38.0. The van der Waals surface area contributed by atoms with Crippen LogP contribution in [-0.2, 0) is 7.05 Å². The number of para-hydroxylation sites is 1. The van der Waals surface area contributed by atoms with Crippen LogP contribution in [0.5, 0.6) is 0 Å². The summed E-state index contributed by atoms with van der Waals surface area (Å²) in [5, 5.41) is 25.5. The highest BCUT2D eigenvalue weighted by atomic mass is 16.6. The van der Waals surface area contributed by atoms with Crippen LogP contribution in [0.3, 0.4) is 0 Å². The maximum Gasteiger partial charge on any atom is 0.259 e. The zero-order valence-corrected chi connectivity index (χ0v) is 16.2.